The van der Waals surface area contributed by atoms with E-state index in [0.717, 1.165) is 42.1 Å². The maximum atomic E-state index is 12.1. The molecule has 0 bridgehead atoms. The molecular formula is C16H19NOS. The van der Waals surface area contributed by atoms with E-state index in [4.69, 9.17) is 0 Å². The topological polar surface area (TPSA) is 30.0 Å². The van der Waals surface area contributed by atoms with E-state index in [1.807, 2.05) is 18.2 Å². The Labute approximate surface area is 117 Å². The predicted octanol–water partition coefficient (Wildman–Crippen LogP) is 4.23. The lowest BCUT2D eigenvalue weighted by Gasteiger charge is -2.26. The smallest absolute Gasteiger partial charge is 0.136 e. The van der Waals surface area contributed by atoms with E-state index in [0.29, 0.717) is 5.78 Å². The number of hydrogen-bond donors (Lipinski definition) is 0. The molecule has 1 aliphatic rings. The van der Waals surface area contributed by atoms with Gasteiger partial charge in [-0.05, 0) is 30.9 Å². The van der Waals surface area contributed by atoms with Crippen molar-refractivity contribution in [2.24, 2.45) is 11.8 Å². The van der Waals surface area contributed by atoms with Crippen LogP contribution in [-0.2, 0) is 11.2 Å². The molecule has 2 aromatic rings. The number of benzene rings is 1. The molecule has 0 aliphatic heterocycles. The van der Waals surface area contributed by atoms with Gasteiger partial charge in [0.05, 0.1) is 15.2 Å². The van der Waals surface area contributed by atoms with Gasteiger partial charge in [0.2, 0.25) is 0 Å². The highest BCUT2D eigenvalue weighted by Gasteiger charge is 2.28. The molecule has 1 fully saturated rings. The SMILES string of the molecule is CCC1CCC(=O)C(Cc2nc3ccccc3s2)C1. The zero-order valence-corrected chi connectivity index (χ0v) is 12.1. The van der Waals surface area contributed by atoms with Crippen LogP contribution in [0.1, 0.15) is 37.6 Å². The Kier molecular flexibility index (Phi) is 3.65. The highest BCUT2D eigenvalue weighted by molar-refractivity contribution is 7.18. The van der Waals surface area contributed by atoms with Crippen LogP contribution in [0.2, 0.25) is 0 Å². The van der Waals surface area contributed by atoms with Crippen molar-refractivity contribution in [3.05, 3.63) is 29.3 Å². The van der Waals surface area contributed by atoms with Crippen LogP contribution in [0.5, 0.6) is 0 Å². The van der Waals surface area contributed by atoms with E-state index in [9.17, 15) is 4.79 Å². The highest BCUT2D eigenvalue weighted by Crippen LogP contribution is 2.32. The maximum Gasteiger partial charge on any atom is 0.136 e. The summed E-state index contributed by atoms with van der Waals surface area (Å²) in [5.74, 6) is 1.39. The van der Waals surface area contributed by atoms with Crippen molar-refractivity contribution in [1.82, 2.24) is 4.98 Å². The molecule has 19 heavy (non-hydrogen) atoms. The first-order valence-electron chi connectivity index (χ1n) is 7.13. The molecule has 1 aliphatic carbocycles. The molecule has 0 N–H and O–H groups in total. The van der Waals surface area contributed by atoms with Crippen molar-refractivity contribution < 1.29 is 4.79 Å². The molecule has 2 nitrogen and oxygen atoms in total. The third-order valence-electron chi connectivity index (χ3n) is 4.21. The number of carbonyl (C=O) groups is 1. The highest BCUT2D eigenvalue weighted by atomic mass is 32.1. The van der Waals surface area contributed by atoms with Crippen molar-refractivity contribution in [2.75, 3.05) is 0 Å². The molecule has 2 atom stereocenters. The van der Waals surface area contributed by atoms with Gasteiger partial charge in [0.1, 0.15) is 5.78 Å². The van der Waals surface area contributed by atoms with Crippen molar-refractivity contribution in [3.8, 4) is 0 Å². The lowest BCUT2D eigenvalue weighted by Crippen LogP contribution is -2.26. The number of hydrogen-bond acceptors (Lipinski definition) is 3. The first kappa shape index (κ1) is 12.8. The van der Waals surface area contributed by atoms with Gasteiger partial charge in [-0.1, -0.05) is 25.5 Å². The molecule has 1 saturated carbocycles. The van der Waals surface area contributed by atoms with Crippen LogP contribution >= 0.6 is 11.3 Å². The van der Waals surface area contributed by atoms with Gasteiger partial charge in [-0.15, -0.1) is 11.3 Å². The molecule has 1 heterocycles. The van der Waals surface area contributed by atoms with Crippen LogP contribution in [0.3, 0.4) is 0 Å². The van der Waals surface area contributed by atoms with Gasteiger partial charge in [-0.3, -0.25) is 4.79 Å². The van der Waals surface area contributed by atoms with E-state index in [1.54, 1.807) is 11.3 Å². The minimum absolute atomic E-state index is 0.208. The normalized spacial score (nSPS) is 23.9. The quantitative estimate of drug-likeness (QED) is 0.837. The van der Waals surface area contributed by atoms with E-state index in [-0.39, 0.29) is 5.92 Å². The molecule has 0 amide bonds. The monoisotopic (exact) mass is 273 g/mol. The minimum Gasteiger partial charge on any atom is -0.299 e. The first-order valence-corrected chi connectivity index (χ1v) is 7.95. The van der Waals surface area contributed by atoms with Crippen molar-refractivity contribution >= 4 is 27.3 Å². The zero-order chi connectivity index (χ0) is 13.2. The molecular weight excluding hydrogens is 254 g/mol. The maximum absolute atomic E-state index is 12.1. The number of fused-ring (bicyclic) bond motifs is 1. The van der Waals surface area contributed by atoms with Gasteiger partial charge >= 0.3 is 0 Å². The van der Waals surface area contributed by atoms with Crippen LogP contribution < -0.4 is 0 Å². The number of Topliss-reactive ketones (excluding diaryl/α,β-unsaturated/α-hetero) is 1. The summed E-state index contributed by atoms with van der Waals surface area (Å²) in [6.45, 7) is 2.23. The third kappa shape index (κ3) is 2.71. The predicted molar refractivity (Wildman–Crippen MR) is 79.5 cm³/mol. The Balaban J connectivity index is 1.77. The lowest BCUT2D eigenvalue weighted by atomic mass is 9.78. The number of ketones is 1. The number of aromatic nitrogens is 1. The Hall–Kier alpha value is -1.22. The summed E-state index contributed by atoms with van der Waals surface area (Å²) >= 11 is 1.74. The number of nitrogens with zero attached hydrogens (tertiary/aromatic N) is 1. The van der Waals surface area contributed by atoms with E-state index < -0.39 is 0 Å². The molecule has 0 radical (unpaired) electrons. The summed E-state index contributed by atoms with van der Waals surface area (Å²) in [7, 11) is 0. The van der Waals surface area contributed by atoms with Gasteiger partial charge in [0.25, 0.3) is 0 Å². The molecule has 0 spiro atoms. The summed E-state index contributed by atoms with van der Waals surface area (Å²) in [5.41, 5.74) is 1.07. The molecule has 1 aromatic heterocycles. The second kappa shape index (κ2) is 5.41. The third-order valence-corrected chi connectivity index (χ3v) is 5.27. The second-order valence-electron chi connectivity index (χ2n) is 5.49. The Bertz CT molecular complexity index is 556. The average Bonchev–Trinajstić information content (AvgIpc) is 2.83. The minimum atomic E-state index is 0.208. The molecule has 0 saturated heterocycles. The van der Waals surface area contributed by atoms with Gasteiger partial charge in [0, 0.05) is 18.8 Å². The molecule has 2 unspecified atom stereocenters. The van der Waals surface area contributed by atoms with Crippen LogP contribution in [-0.4, -0.2) is 10.8 Å². The Morgan fingerprint density at radius 1 is 1.37 bits per heavy atom. The zero-order valence-electron chi connectivity index (χ0n) is 11.3. The van der Waals surface area contributed by atoms with Crippen LogP contribution in [0, 0.1) is 11.8 Å². The van der Waals surface area contributed by atoms with Gasteiger partial charge in [-0.25, -0.2) is 4.98 Å². The molecule has 100 valence electrons. The summed E-state index contributed by atoms with van der Waals surface area (Å²) < 4.78 is 1.23. The number of thiazole rings is 1. The number of para-hydroxylation sites is 1. The molecule has 1 aromatic carbocycles. The summed E-state index contributed by atoms with van der Waals surface area (Å²) in [6.07, 6.45) is 4.96. The summed E-state index contributed by atoms with van der Waals surface area (Å²) in [4.78, 5) is 16.7. The lowest BCUT2D eigenvalue weighted by molar-refractivity contribution is -0.125. The van der Waals surface area contributed by atoms with Crippen LogP contribution in [0.15, 0.2) is 24.3 Å². The number of carbonyl (C=O) groups excluding carboxylic acids is 1. The van der Waals surface area contributed by atoms with E-state index in [2.05, 4.69) is 18.0 Å². The number of rotatable bonds is 3. The average molecular weight is 273 g/mol. The summed E-state index contributed by atoms with van der Waals surface area (Å²) in [5, 5.41) is 1.12. The Morgan fingerprint density at radius 2 is 2.21 bits per heavy atom. The molecule has 3 rings (SSSR count). The molecule has 3 heteroatoms. The van der Waals surface area contributed by atoms with Crippen LogP contribution in [0.4, 0.5) is 0 Å². The van der Waals surface area contributed by atoms with Crippen molar-refractivity contribution in [1.29, 1.82) is 0 Å². The largest absolute Gasteiger partial charge is 0.299 e. The van der Waals surface area contributed by atoms with Gasteiger partial charge in [-0.2, -0.15) is 0 Å². The van der Waals surface area contributed by atoms with E-state index >= 15 is 0 Å². The van der Waals surface area contributed by atoms with E-state index in [1.165, 1.54) is 11.1 Å². The second-order valence-corrected chi connectivity index (χ2v) is 6.61. The fraction of sp³-hybridized carbons (Fsp3) is 0.500. The summed E-state index contributed by atoms with van der Waals surface area (Å²) in [6, 6.07) is 8.22. The fourth-order valence-electron chi connectivity index (χ4n) is 2.99. The standard InChI is InChI=1S/C16H19NOS/c1-2-11-7-8-14(18)12(9-11)10-16-17-13-5-3-4-6-15(13)19-16/h3-6,11-12H,2,7-10H2,1H3. The van der Waals surface area contributed by atoms with Gasteiger partial charge in [0.15, 0.2) is 0 Å². The van der Waals surface area contributed by atoms with Crippen molar-refractivity contribution in [2.45, 2.75) is 39.0 Å². The van der Waals surface area contributed by atoms with Gasteiger partial charge < -0.3 is 0 Å². The fourth-order valence-corrected chi connectivity index (χ4v) is 4.04. The van der Waals surface area contributed by atoms with Crippen molar-refractivity contribution in [3.63, 3.8) is 0 Å². The first-order chi connectivity index (χ1) is 9.26. The van der Waals surface area contributed by atoms with Crippen LogP contribution in [0.25, 0.3) is 10.2 Å². The Morgan fingerprint density at radius 3 is 3.00 bits per heavy atom.